The molecule has 7 nitrogen and oxygen atoms in total. The van der Waals surface area contributed by atoms with Crippen molar-refractivity contribution in [2.75, 3.05) is 25.1 Å². The number of hydrogen-bond donors (Lipinski definition) is 1. The lowest BCUT2D eigenvalue weighted by atomic mass is 10.1. The number of amides is 2. The highest BCUT2D eigenvalue weighted by molar-refractivity contribution is 6.00. The minimum Gasteiger partial charge on any atom is -0.497 e. The van der Waals surface area contributed by atoms with Crippen molar-refractivity contribution in [2.24, 2.45) is 5.92 Å². The van der Waals surface area contributed by atoms with E-state index in [4.69, 9.17) is 9.72 Å². The first-order valence-corrected chi connectivity index (χ1v) is 10.3. The molecule has 0 radical (unpaired) electrons. The molecule has 3 heterocycles. The number of rotatable bonds is 4. The van der Waals surface area contributed by atoms with Gasteiger partial charge in [0.25, 0.3) is 0 Å². The van der Waals surface area contributed by atoms with Gasteiger partial charge in [0.15, 0.2) is 0 Å². The molecule has 30 heavy (non-hydrogen) atoms. The Hall–Kier alpha value is -3.35. The van der Waals surface area contributed by atoms with Crippen molar-refractivity contribution in [3.05, 3.63) is 54.4 Å². The largest absolute Gasteiger partial charge is 0.497 e. The summed E-state index contributed by atoms with van der Waals surface area (Å²) in [6, 6.07) is 15.2. The number of para-hydroxylation sites is 2. The van der Waals surface area contributed by atoms with Crippen LogP contribution in [-0.4, -0.2) is 46.9 Å². The predicted molar refractivity (Wildman–Crippen MR) is 113 cm³/mol. The number of benzene rings is 2. The van der Waals surface area contributed by atoms with E-state index in [2.05, 4.69) is 4.98 Å². The third-order valence-electron chi connectivity index (χ3n) is 6.12. The van der Waals surface area contributed by atoms with Gasteiger partial charge in [-0.3, -0.25) is 9.59 Å². The molecule has 2 aliphatic heterocycles. The number of nitrogens with one attached hydrogen (secondary N) is 1. The Bertz CT molecular complexity index is 1060. The molecule has 3 aromatic rings. The fourth-order valence-electron chi connectivity index (χ4n) is 4.56. The van der Waals surface area contributed by atoms with E-state index in [0.29, 0.717) is 13.1 Å². The second-order valence-corrected chi connectivity index (χ2v) is 7.93. The van der Waals surface area contributed by atoms with Gasteiger partial charge >= 0.3 is 0 Å². The summed E-state index contributed by atoms with van der Waals surface area (Å²) in [4.78, 5) is 37.7. The van der Waals surface area contributed by atoms with Crippen molar-refractivity contribution in [1.82, 2.24) is 14.9 Å². The van der Waals surface area contributed by atoms with Crippen molar-refractivity contribution in [3.8, 4) is 5.75 Å². The molecule has 0 saturated carbocycles. The number of imidazole rings is 1. The molecule has 5 rings (SSSR count). The normalized spacial score (nSPS) is 21.6. The van der Waals surface area contributed by atoms with Crippen LogP contribution in [0.2, 0.25) is 0 Å². The van der Waals surface area contributed by atoms with Crippen LogP contribution in [0.1, 0.15) is 31.1 Å². The molecular weight excluding hydrogens is 380 g/mol. The Labute approximate surface area is 174 Å². The zero-order chi connectivity index (χ0) is 20.7. The second kappa shape index (κ2) is 7.48. The summed E-state index contributed by atoms with van der Waals surface area (Å²) in [7, 11) is 1.61. The van der Waals surface area contributed by atoms with Crippen LogP contribution >= 0.6 is 0 Å². The number of likely N-dealkylation sites (tertiary alicyclic amines) is 1. The first-order valence-electron chi connectivity index (χ1n) is 10.3. The fraction of sp³-hybridized carbons (Fsp3) is 0.348. The molecule has 2 fully saturated rings. The molecule has 0 spiro atoms. The van der Waals surface area contributed by atoms with Gasteiger partial charge in [0.05, 0.1) is 30.1 Å². The Kier molecular flexibility index (Phi) is 4.65. The molecule has 2 aromatic carbocycles. The number of carbonyl (C=O) groups excluding carboxylic acids is 2. The van der Waals surface area contributed by atoms with Crippen molar-refractivity contribution in [3.63, 3.8) is 0 Å². The summed E-state index contributed by atoms with van der Waals surface area (Å²) >= 11 is 0. The van der Waals surface area contributed by atoms with Gasteiger partial charge in [-0.1, -0.05) is 12.1 Å². The highest BCUT2D eigenvalue weighted by Gasteiger charge is 2.41. The van der Waals surface area contributed by atoms with Gasteiger partial charge in [-0.05, 0) is 49.2 Å². The lowest BCUT2D eigenvalue weighted by Gasteiger charge is -2.26. The summed E-state index contributed by atoms with van der Waals surface area (Å²) in [6.07, 6.45) is 2.07. The van der Waals surface area contributed by atoms with Crippen LogP contribution < -0.4 is 9.64 Å². The van der Waals surface area contributed by atoms with Crippen LogP contribution in [0.25, 0.3) is 11.0 Å². The molecule has 2 aliphatic rings. The molecule has 1 N–H and O–H groups in total. The first kappa shape index (κ1) is 18.7. The molecule has 154 valence electrons. The van der Waals surface area contributed by atoms with Crippen molar-refractivity contribution in [1.29, 1.82) is 0 Å². The van der Waals surface area contributed by atoms with E-state index >= 15 is 0 Å². The zero-order valence-corrected chi connectivity index (χ0v) is 16.9. The van der Waals surface area contributed by atoms with Gasteiger partial charge in [0.2, 0.25) is 11.8 Å². The minimum atomic E-state index is -0.329. The van der Waals surface area contributed by atoms with E-state index in [1.807, 2.05) is 53.4 Å². The molecule has 0 bridgehead atoms. The number of aromatic amines is 1. The Morgan fingerprint density at radius 2 is 1.97 bits per heavy atom. The van der Waals surface area contributed by atoms with E-state index in [-0.39, 0.29) is 30.2 Å². The molecule has 2 saturated heterocycles. The van der Waals surface area contributed by atoms with Gasteiger partial charge in [-0.2, -0.15) is 0 Å². The molecule has 2 atom stereocenters. The molecule has 2 amide bonds. The second-order valence-electron chi connectivity index (χ2n) is 7.93. The van der Waals surface area contributed by atoms with Crippen LogP contribution in [0.3, 0.4) is 0 Å². The Morgan fingerprint density at radius 3 is 2.73 bits per heavy atom. The van der Waals surface area contributed by atoms with Crippen LogP contribution in [-0.2, 0) is 9.59 Å². The van der Waals surface area contributed by atoms with Gasteiger partial charge in [-0.15, -0.1) is 0 Å². The van der Waals surface area contributed by atoms with Gasteiger partial charge in [-0.25, -0.2) is 4.98 Å². The highest BCUT2D eigenvalue weighted by atomic mass is 16.5. The van der Waals surface area contributed by atoms with E-state index in [9.17, 15) is 9.59 Å². The third kappa shape index (κ3) is 3.20. The van der Waals surface area contributed by atoms with Crippen molar-refractivity contribution < 1.29 is 14.3 Å². The van der Waals surface area contributed by atoms with E-state index in [1.54, 1.807) is 12.0 Å². The summed E-state index contributed by atoms with van der Waals surface area (Å²) in [5.74, 6) is 1.27. The Balaban J connectivity index is 1.34. The molecule has 0 aliphatic carbocycles. The maximum absolute atomic E-state index is 13.4. The summed E-state index contributed by atoms with van der Waals surface area (Å²) in [5, 5.41) is 0. The summed E-state index contributed by atoms with van der Waals surface area (Å²) < 4.78 is 5.19. The highest BCUT2D eigenvalue weighted by Crippen LogP contribution is 2.35. The van der Waals surface area contributed by atoms with Crippen LogP contribution in [0.4, 0.5) is 5.69 Å². The number of ether oxygens (including phenoxy) is 1. The SMILES string of the molecule is COc1ccc(N2CC(C(=O)N3CCCC3c3nc4ccccc4[nH]3)CC2=O)cc1. The summed E-state index contributed by atoms with van der Waals surface area (Å²) in [6.45, 7) is 1.11. The van der Waals surface area contributed by atoms with Crippen LogP contribution in [0.15, 0.2) is 48.5 Å². The third-order valence-corrected chi connectivity index (χ3v) is 6.12. The van der Waals surface area contributed by atoms with E-state index in [1.165, 1.54) is 0 Å². The maximum Gasteiger partial charge on any atom is 0.228 e. The van der Waals surface area contributed by atoms with Crippen molar-refractivity contribution >= 4 is 28.5 Å². The average molecular weight is 404 g/mol. The molecular formula is C23H24N4O3. The average Bonchev–Trinajstić information content (AvgIpc) is 3.50. The van der Waals surface area contributed by atoms with Crippen molar-refractivity contribution in [2.45, 2.75) is 25.3 Å². The standard InChI is InChI=1S/C23H24N4O3/c1-30-17-10-8-16(9-11-17)27-14-15(13-21(27)28)23(29)26-12-4-7-20(26)22-24-18-5-2-3-6-19(18)25-22/h2-3,5-6,8-11,15,20H,4,7,12-14H2,1H3,(H,24,25). The maximum atomic E-state index is 13.4. The fourth-order valence-corrected chi connectivity index (χ4v) is 4.56. The molecule has 7 heteroatoms. The van der Waals surface area contributed by atoms with Gasteiger partial charge in [0.1, 0.15) is 11.6 Å². The number of anilines is 1. The number of methoxy groups -OCH3 is 1. The lowest BCUT2D eigenvalue weighted by Crippen LogP contribution is -2.37. The van der Waals surface area contributed by atoms with E-state index < -0.39 is 0 Å². The number of H-pyrrole nitrogens is 1. The molecule has 1 aromatic heterocycles. The van der Waals surface area contributed by atoms with Crippen LogP contribution in [0, 0.1) is 5.92 Å². The zero-order valence-electron chi connectivity index (χ0n) is 16.9. The Morgan fingerprint density at radius 1 is 1.17 bits per heavy atom. The lowest BCUT2D eigenvalue weighted by molar-refractivity contribution is -0.136. The smallest absolute Gasteiger partial charge is 0.228 e. The quantitative estimate of drug-likeness (QED) is 0.724. The van der Waals surface area contributed by atoms with Crippen LogP contribution in [0.5, 0.6) is 5.75 Å². The summed E-state index contributed by atoms with van der Waals surface area (Å²) in [5.41, 5.74) is 2.69. The number of nitrogens with zero attached hydrogens (tertiary/aromatic N) is 3. The van der Waals surface area contributed by atoms with E-state index in [0.717, 1.165) is 41.1 Å². The number of fused-ring (bicyclic) bond motifs is 1. The molecule has 2 unspecified atom stereocenters. The van der Waals surface area contributed by atoms with Gasteiger partial charge < -0.3 is 19.5 Å². The monoisotopic (exact) mass is 404 g/mol. The topological polar surface area (TPSA) is 78.5 Å². The first-order chi connectivity index (χ1) is 14.6. The number of carbonyl (C=O) groups is 2. The number of hydrogen-bond acceptors (Lipinski definition) is 4. The number of aromatic nitrogens is 2. The predicted octanol–water partition coefficient (Wildman–Crippen LogP) is 3.29. The minimum absolute atomic E-state index is 0.0157. The van der Waals surface area contributed by atoms with Gasteiger partial charge in [0, 0.05) is 25.2 Å².